The van der Waals surface area contributed by atoms with Crippen LogP contribution >= 0.6 is 0 Å². The Balaban J connectivity index is 1.15. The Hall–Kier alpha value is -4.66. The number of nitrogens with one attached hydrogen (secondary N) is 1. The fraction of sp³-hybridized carbons (Fsp3) is 0.185. The summed E-state index contributed by atoms with van der Waals surface area (Å²) < 4.78 is 10.8. The molecule has 1 N–H and O–H groups in total. The van der Waals surface area contributed by atoms with Gasteiger partial charge in [-0.3, -0.25) is 4.79 Å². The van der Waals surface area contributed by atoms with E-state index < -0.39 is 5.97 Å². The Morgan fingerprint density at radius 2 is 1.53 bits per heavy atom. The van der Waals surface area contributed by atoms with Crippen LogP contribution in [0.3, 0.4) is 0 Å². The standard InChI is InChI=1S/C27H24N4O5/c32-24(30-13-15-31(16-14-30)27(34)28-21-9-5-2-6-10-21)18-35-26(33)20-11-12-23-22(17-20)25(36-29-23)19-7-3-1-4-8-19/h1-12,17H,13-16,18H2,(H,28,34). The molecule has 1 aliphatic rings. The average molecular weight is 485 g/mol. The summed E-state index contributed by atoms with van der Waals surface area (Å²) in [6.45, 7) is 1.15. The molecule has 2 heterocycles. The van der Waals surface area contributed by atoms with E-state index in [1.54, 1.807) is 28.0 Å². The zero-order valence-electron chi connectivity index (χ0n) is 19.4. The van der Waals surface area contributed by atoms with Crippen molar-refractivity contribution in [3.63, 3.8) is 0 Å². The number of nitrogens with zero attached hydrogens (tertiary/aromatic N) is 3. The van der Waals surface area contributed by atoms with Gasteiger partial charge in [0.2, 0.25) is 0 Å². The summed E-state index contributed by atoms with van der Waals surface area (Å²) in [4.78, 5) is 41.0. The van der Waals surface area contributed by atoms with Crippen molar-refractivity contribution in [2.75, 3.05) is 38.1 Å². The van der Waals surface area contributed by atoms with Crippen molar-refractivity contribution in [1.29, 1.82) is 0 Å². The summed E-state index contributed by atoms with van der Waals surface area (Å²) in [5.41, 5.74) is 2.49. The lowest BCUT2D eigenvalue weighted by molar-refractivity contribution is -0.135. The monoisotopic (exact) mass is 484 g/mol. The SMILES string of the molecule is O=C(OCC(=O)N1CCN(C(=O)Nc2ccccc2)CC1)c1ccc2noc(-c3ccccc3)c2c1. The molecule has 182 valence electrons. The lowest BCUT2D eigenvalue weighted by Gasteiger charge is -2.34. The molecule has 0 radical (unpaired) electrons. The molecule has 1 aromatic heterocycles. The molecule has 1 aliphatic heterocycles. The van der Waals surface area contributed by atoms with Crippen LogP contribution < -0.4 is 5.32 Å². The predicted molar refractivity (Wildman–Crippen MR) is 133 cm³/mol. The van der Waals surface area contributed by atoms with E-state index in [4.69, 9.17) is 9.26 Å². The number of fused-ring (bicyclic) bond motifs is 1. The van der Waals surface area contributed by atoms with E-state index in [1.165, 1.54) is 0 Å². The van der Waals surface area contributed by atoms with Crippen LogP contribution in [0.4, 0.5) is 10.5 Å². The molecule has 0 aliphatic carbocycles. The second-order valence-corrected chi connectivity index (χ2v) is 8.35. The van der Waals surface area contributed by atoms with Crippen LogP contribution in [0.1, 0.15) is 10.4 Å². The number of rotatable bonds is 5. The van der Waals surface area contributed by atoms with E-state index in [1.807, 2.05) is 60.7 Å². The molecule has 1 saturated heterocycles. The third kappa shape index (κ3) is 5.05. The highest BCUT2D eigenvalue weighted by Crippen LogP contribution is 2.29. The van der Waals surface area contributed by atoms with E-state index in [2.05, 4.69) is 10.5 Å². The van der Waals surface area contributed by atoms with Gasteiger partial charge in [-0.25, -0.2) is 9.59 Å². The molecule has 5 rings (SSSR count). The van der Waals surface area contributed by atoms with Gasteiger partial charge in [-0.1, -0.05) is 53.7 Å². The zero-order valence-corrected chi connectivity index (χ0v) is 19.4. The van der Waals surface area contributed by atoms with Gasteiger partial charge >= 0.3 is 12.0 Å². The maximum atomic E-state index is 12.7. The van der Waals surface area contributed by atoms with Crippen molar-refractivity contribution in [2.45, 2.75) is 0 Å². The van der Waals surface area contributed by atoms with Gasteiger partial charge in [0.05, 0.1) is 10.9 Å². The highest BCUT2D eigenvalue weighted by molar-refractivity contribution is 5.99. The number of hydrogen-bond acceptors (Lipinski definition) is 6. The van der Waals surface area contributed by atoms with Crippen molar-refractivity contribution in [3.8, 4) is 11.3 Å². The summed E-state index contributed by atoms with van der Waals surface area (Å²) >= 11 is 0. The minimum atomic E-state index is -0.605. The molecule has 3 amide bonds. The molecule has 0 saturated carbocycles. The van der Waals surface area contributed by atoms with Crippen LogP contribution in [0, 0.1) is 0 Å². The average Bonchev–Trinajstić information content (AvgIpc) is 3.36. The Labute approximate surface area is 207 Å². The molecule has 3 aromatic carbocycles. The molecule has 0 spiro atoms. The first-order valence-corrected chi connectivity index (χ1v) is 11.6. The second-order valence-electron chi connectivity index (χ2n) is 8.35. The molecule has 9 nitrogen and oxygen atoms in total. The predicted octanol–water partition coefficient (Wildman–Crippen LogP) is 4.03. The molecule has 9 heteroatoms. The lowest BCUT2D eigenvalue weighted by Crippen LogP contribution is -2.52. The van der Waals surface area contributed by atoms with Crippen LogP contribution in [0.25, 0.3) is 22.2 Å². The zero-order chi connectivity index (χ0) is 24.9. The normalized spacial score (nSPS) is 13.4. The largest absolute Gasteiger partial charge is 0.452 e. The molecule has 0 unspecified atom stereocenters. The van der Waals surface area contributed by atoms with E-state index in [0.717, 1.165) is 5.56 Å². The molecule has 1 fully saturated rings. The molecule has 0 atom stereocenters. The number of ether oxygens (including phenoxy) is 1. The Kier molecular flexibility index (Phi) is 6.61. The van der Waals surface area contributed by atoms with Gasteiger partial charge in [0.15, 0.2) is 12.4 Å². The van der Waals surface area contributed by atoms with Crippen LogP contribution in [0.15, 0.2) is 83.4 Å². The van der Waals surface area contributed by atoms with Crippen molar-refractivity contribution in [3.05, 3.63) is 84.4 Å². The number of carbonyl (C=O) groups excluding carboxylic acids is 3. The number of piperazine rings is 1. The Bertz CT molecular complexity index is 1380. The first kappa shape index (κ1) is 23.1. The quantitative estimate of drug-likeness (QED) is 0.429. The molecular weight excluding hydrogens is 460 g/mol. The smallest absolute Gasteiger partial charge is 0.338 e. The van der Waals surface area contributed by atoms with E-state index in [9.17, 15) is 14.4 Å². The topological polar surface area (TPSA) is 105 Å². The van der Waals surface area contributed by atoms with Crippen molar-refractivity contribution < 1.29 is 23.6 Å². The molecule has 36 heavy (non-hydrogen) atoms. The fourth-order valence-corrected chi connectivity index (χ4v) is 4.05. The first-order chi connectivity index (χ1) is 17.6. The van der Waals surface area contributed by atoms with E-state index in [-0.39, 0.29) is 18.5 Å². The number of amides is 3. The maximum absolute atomic E-state index is 12.7. The summed E-state index contributed by atoms with van der Waals surface area (Å²) in [6, 6.07) is 23.4. The number of anilines is 1. The van der Waals surface area contributed by atoms with Gasteiger partial charge in [-0.05, 0) is 30.3 Å². The Morgan fingerprint density at radius 1 is 0.861 bits per heavy atom. The van der Waals surface area contributed by atoms with Crippen LogP contribution in [-0.2, 0) is 9.53 Å². The number of benzene rings is 3. The van der Waals surface area contributed by atoms with Gasteiger partial charge in [-0.2, -0.15) is 0 Å². The third-order valence-electron chi connectivity index (χ3n) is 6.02. The number of hydrogen-bond donors (Lipinski definition) is 1. The van der Waals surface area contributed by atoms with Gasteiger partial charge in [0.1, 0.15) is 5.52 Å². The van der Waals surface area contributed by atoms with Gasteiger partial charge < -0.3 is 24.4 Å². The van der Waals surface area contributed by atoms with Crippen molar-refractivity contribution in [2.24, 2.45) is 0 Å². The van der Waals surface area contributed by atoms with Gasteiger partial charge in [0, 0.05) is 37.4 Å². The minimum Gasteiger partial charge on any atom is -0.452 e. The van der Waals surface area contributed by atoms with Gasteiger partial charge in [0.25, 0.3) is 5.91 Å². The molecular formula is C27H24N4O5. The van der Waals surface area contributed by atoms with Crippen molar-refractivity contribution >= 4 is 34.5 Å². The highest BCUT2D eigenvalue weighted by atomic mass is 16.5. The van der Waals surface area contributed by atoms with Crippen molar-refractivity contribution in [1.82, 2.24) is 15.0 Å². The summed E-state index contributed by atoms with van der Waals surface area (Å²) in [6.07, 6.45) is 0. The second kappa shape index (κ2) is 10.3. The Morgan fingerprint density at radius 3 is 2.25 bits per heavy atom. The molecule has 4 aromatic rings. The highest BCUT2D eigenvalue weighted by Gasteiger charge is 2.25. The van der Waals surface area contributed by atoms with Gasteiger partial charge in [-0.15, -0.1) is 0 Å². The minimum absolute atomic E-state index is 0.210. The lowest BCUT2D eigenvalue weighted by atomic mass is 10.1. The van der Waals surface area contributed by atoms with E-state index in [0.29, 0.717) is 54.1 Å². The number of esters is 1. The van der Waals surface area contributed by atoms with Crippen LogP contribution in [0.2, 0.25) is 0 Å². The van der Waals surface area contributed by atoms with E-state index >= 15 is 0 Å². The van der Waals surface area contributed by atoms with Crippen LogP contribution in [0.5, 0.6) is 0 Å². The number of aromatic nitrogens is 1. The summed E-state index contributed by atoms with van der Waals surface area (Å²) in [5, 5.41) is 7.58. The summed E-state index contributed by atoms with van der Waals surface area (Å²) in [7, 11) is 0. The number of para-hydroxylation sites is 1. The number of carbonyl (C=O) groups is 3. The fourth-order valence-electron chi connectivity index (χ4n) is 4.05. The van der Waals surface area contributed by atoms with Crippen LogP contribution in [-0.4, -0.2) is 65.6 Å². The molecule has 0 bridgehead atoms. The summed E-state index contributed by atoms with van der Waals surface area (Å²) in [5.74, 6) is -0.348. The number of urea groups is 1. The first-order valence-electron chi connectivity index (χ1n) is 11.6. The third-order valence-corrected chi connectivity index (χ3v) is 6.02. The maximum Gasteiger partial charge on any atom is 0.338 e.